The smallest absolute Gasteiger partial charge is 0.141 e. The first-order chi connectivity index (χ1) is 7.84. The Balaban J connectivity index is 2.29. The Morgan fingerprint density at radius 1 is 1.12 bits per heavy atom. The van der Waals surface area contributed by atoms with E-state index in [4.69, 9.17) is 0 Å². The summed E-state index contributed by atoms with van der Waals surface area (Å²) in [6, 6.07) is 10.3. The number of hydrogen-bond donors (Lipinski definition) is 1. The van der Waals surface area contributed by atoms with Crippen LogP contribution >= 0.6 is 0 Å². The molecule has 0 spiro atoms. The highest BCUT2D eigenvalue weighted by Crippen LogP contribution is 2.24. The molecule has 3 aromatic rings. The average molecular weight is 209 g/mol. The Morgan fingerprint density at radius 3 is 2.94 bits per heavy atom. The summed E-state index contributed by atoms with van der Waals surface area (Å²) in [6.07, 6.45) is 3.48. The SMILES string of the molecule is Cc1cccc(-c2ncnc3[nH]ccc23)c1. The number of aryl methyl sites for hydroxylation is 1. The summed E-state index contributed by atoms with van der Waals surface area (Å²) < 4.78 is 0. The molecule has 3 rings (SSSR count). The van der Waals surface area contributed by atoms with Gasteiger partial charge in [-0.25, -0.2) is 9.97 Å². The van der Waals surface area contributed by atoms with Gasteiger partial charge in [-0.1, -0.05) is 23.8 Å². The molecular formula is C13H11N3. The van der Waals surface area contributed by atoms with Gasteiger partial charge in [0.15, 0.2) is 0 Å². The van der Waals surface area contributed by atoms with Crippen molar-refractivity contribution >= 4 is 11.0 Å². The van der Waals surface area contributed by atoms with Crippen LogP contribution in [0.2, 0.25) is 0 Å². The number of nitrogens with zero attached hydrogens (tertiary/aromatic N) is 2. The standard InChI is InChI=1S/C13H11N3/c1-9-3-2-4-10(7-9)12-11-5-6-14-13(11)16-8-15-12/h2-8H,1H3,(H,14,15,16). The van der Waals surface area contributed by atoms with Crippen LogP contribution in [0.1, 0.15) is 5.56 Å². The summed E-state index contributed by atoms with van der Waals surface area (Å²) in [5.41, 5.74) is 4.23. The predicted molar refractivity (Wildman–Crippen MR) is 64.1 cm³/mol. The maximum Gasteiger partial charge on any atom is 0.141 e. The zero-order valence-corrected chi connectivity index (χ0v) is 8.94. The summed E-state index contributed by atoms with van der Waals surface area (Å²) in [5, 5.41) is 1.06. The van der Waals surface area contributed by atoms with Gasteiger partial charge in [0.1, 0.15) is 12.0 Å². The normalized spacial score (nSPS) is 10.8. The summed E-state index contributed by atoms with van der Waals surface area (Å²) in [6.45, 7) is 2.08. The van der Waals surface area contributed by atoms with E-state index in [1.54, 1.807) is 6.33 Å². The third-order valence-corrected chi connectivity index (χ3v) is 2.65. The first kappa shape index (κ1) is 9.09. The molecule has 2 heterocycles. The van der Waals surface area contributed by atoms with Crippen LogP contribution < -0.4 is 0 Å². The van der Waals surface area contributed by atoms with Crippen molar-refractivity contribution in [3.8, 4) is 11.3 Å². The van der Waals surface area contributed by atoms with Crippen LogP contribution in [0.25, 0.3) is 22.3 Å². The molecule has 0 bridgehead atoms. The van der Waals surface area contributed by atoms with Gasteiger partial charge in [-0.2, -0.15) is 0 Å². The molecule has 16 heavy (non-hydrogen) atoms. The van der Waals surface area contributed by atoms with Crippen LogP contribution in [0.3, 0.4) is 0 Å². The molecular weight excluding hydrogens is 198 g/mol. The summed E-state index contributed by atoms with van der Waals surface area (Å²) in [5.74, 6) is 0. The Morgan fingerprint density at radius 2 is 2.06 bits per heavy atom. The lowest BCUT2D eigenvalue weighted by molar-refractivity contribution is 1.20. The van der Waals surface area contributed by atoms with E-state index >= 15 is 0 Å². The average Bonchev–Trinajstić information content (AvgIpc) is 2.76. The van der Waals surface area contributed by atoms with E-state index in [0.717, 1.165) is 22.3 Å². The minimum atomic E-state index is 0.881. The number of rotatable bonds is 1. The van der Waals surface area contributed by atoms with E-state index in [-0.39, 0.29) is 0 Å². The molecule has 0 aliphatic rings. The Bertz CT molecular complexity index is 640. The van der Waals surface area contributed by atoms with E-state index < -0.39 is 0 Å². The maximum absolute atomic E-state index is 4.36. The fourth-order valence-electron chi connectivity index (χ4n) is 1.89. The van der Waals surface area contributed by atoms with Crippen LogP contribution in [0.4, 0.5) is 0 Å². The van der Waals surface area contributed by atoms with Crippen molar-refractivity contribution in [2.75, 3.05) is 0 Å². The van der Waals surface area contributed by atoms with Gasteiger partial charge < -0.3 is 4.98 Å². The van der Waals surface area contributed by atoms with Gasteiger partial charge in [-0.05, 0) is 19.1 Å². The van der Waals surface area contributed by atoms with Gasteiger partial charge in [0, 0.05) is 17.1 Å². The van der Waals surface area contributed by atoms with Crippen LogP contribution in [0.5, 0.6) is 0 Å². The molecule has 78 valence electrons. The highest BCUT2D eigenvalue weighted by atomic mass is 14.9. The lowest BCUT2D eigenvalue weighted by atomic mass is 10.1. The molecule has 0 amide bonds. The molecule has 0 aliphatic heterocycles. The summed E-state index contributed by atoms with van der Waals surface area (Å²) >= 11 is 0. The van der Waals surface area contributed by atoms with E-state index in [1.807, 2.05) is 18.3 Å². The van der Waals surface area contributed by atoms with Crippen LogP contribution in [-0.2, 0) is 0 Å². The fraction of sp³-hybridized carbons (Fsp3) is 0.0769. The van der Waals surface area contributed by atoms with Crippen molar-refractivity contribution in [1.29, 1.82) is 0 Å². The first-order valence-corrected chi connectivity index (χ1v) is 5.20. The summed E-state index contributed by atoms with van der Waals surface area (Å²) in [7, 11) is 0. The van der Waals surface area contributed by atoms with E-state index in [9.17, 15) is 0 Å². The minimum absolute atomic E-state index is 0.881. The molecule has 0 aliphatic carbocycles. The van der Waals surface area contributed by atoms with Crippen molar-refractivity contribution in [2.45, 2.75) is 6.92 Å². The number of hydrogen-bond acceptors (Lipinski definition) is 2. The largest absolute Gasteiger partial charge is 0.346 e. The number of aromatic nitrogens is 3. The van der Waals surface area contributed by atoms with Gasteiger partial charge >= 0.3 is 0 Å². The molecule has 0 saturated carbocycles. The van der Waals surface area contributed by atoms with Crippen molar-refractivity contribution in [3.63, 3.8) is 0 Å². The van der Waals surface area contributed by atoms with E-state index in [2.05, 4.69) is 40.1 Å². The van der Waals surface area contributed by atoms with Gasteiger partial charge in [0.25, 0.3) is 0 Å². The highest BCUT2D eigenvalue weighted by molar-refractivity contribution is 5.90. The Labute approximate surface area is 93.2 Å². The van der Waals surface area contributed by atoms with Gasteiger partial charge in [-0.3, -0.25) is 0 Å². The predicted octanol–water partition coefficient (Wildman–Crippen LogP) is 2.93. The van der Waals surface area contributed by atoms with E-state index in [1.165, 1.54) is 5.56 Å². The molecule has 0 atom stereocenters. The number of aromatic amines is 1. The topological polar surface area (TPSA) is 41.6 Å². The summed E-state index contributed by atoms with van der Waals surface area (Å²) in [4.78, 5) is 11.6. The molecule has 3 heteroatoms. The van der Waals surface area contributed by atoms with Gasteiger partial charge in [0.2, 0.25) is 0 Å². The van der Waals surface area contributed by atoms with Gasteiger partial charge in [-0.15, -0.1) is 0 Å². The Kier molecular flexibility index (Phi) is 1.96. The Hall–Kier alpha value is -2.16. The lowest BCUT2D eigenvalue weighted by Gasteiger charge is -2.02. The molecule has 1 aromatic carbocycles. The lowest BCUT2D eigenvalue weighted by Crippen LogP contribution is -1.87. The molecule has 1 N–H and O–H groups in total. The number of nitrogens with one attached hydrogen (secondary N) is 1. The molecule has 3 nitrogen and oxygen atoms in total. The molecule has 0 fully saturated rings. The monoisotopic (exact) mass is 209 g/mol. The maximum atomic E-state index is 4.36. The third-order valence-electron chi connectivity index (χ3n) is 2.65. The second kappa shape index (κ2) is 3.45. The number of H-pyrrole nitrogens is 1. The quantitative estimate of drug-likeness (QED) is 0.669. The fourth-order valence-corrected chi connectivity index (χ4v) is 1.89. The highest BCUT2D eigenvalue weighted by Gasteiger charge is 2.06. The minimum Gasteiger partial charge on any atom is -0.346 e. The van der Waals surface area contributed by atoms with Crippen molar-refractivity contribution < 1.29 is 0 Å². The van der Waals surface area contributed by atoms with E-state index in [0.29, 0.717) is 0 Å². The van der Waals surface area contributed by atoms with Crippen molar-refractivity contribution in [3.05, 3.63) is 48.4 Å². The zero-order chi connectivity index (χ0) is 11.0. The number of fused-ring (bicyclic) bond motifs is 1. The molecule has 0 unspecified atom stereocenters. The van der Waals surface area contributed by atoms with Gasteiger partial charge in [0.05, 0.1) is 5.69 Å². The van der Waals surface area contributed by atoms with Crippen LogP contribution in [-0.4, -0.2) is 15.0 Å². The first-order valence-electron chi connectivity index (χ1n) is 5.20. The van der Waals surface area contributed by atoms with Crippen molar-refractivity contribution in [1.82, 2.24) is 15.0 Å². The third kappa shape index (κ3) is 1.37. The second-order valence-corrected chi connectivity index (χ2v) is 3.83. The van der Waals surface area contributed by atoms with Crippen LogP contribution in [0, 0.1) is 6.92 Å². The van der Waals surface area contributed by atoms with Crippen LogP contribution in [0.15, 0.2) is 42.9 Å². The number of benzene rings is 1. The molecule has 0 saturated heterocycles. The second-order valence-electron chi connectivity index (χ2n) is 3.83. The molecule has 0 radical (unpaired) electrons. The zero-order valence-electron chi connectivity index (χ0n) is 8.94. The van der Waals surface area contributed by atoms with Crippen molar-refractivity contribution in [2.24, 2.45) is 0 Å². The molecule has 2 aromatic heterocycles.